The number of amides is 2. The van der Waals surface area contributed by atoms with Gasteiger partial charge in [0, 0.05) is 31.8 Å². The number of nitrogens with zero attached hydrogens (tertiary/aromatic N) is 1. The number of carbonyl (C=O) groups is 2. The summed E-state index contributed by atoms with van der Waals surface area (Å²) >= 11 is 0. The number of benzene rings is 2. The predicted molar refractivity (Wildman–Crippen MR) is 139 cm³/mol. The summed E-state index contributed by atoms with van der Waals surface area (Å²) in [6, 6.07) is 12.3. The molecule has 0 aliphatic carbocycles. The number of aliphatic carboxylic acids is 1. The zero-order valence-corrected chi connectivity index (χ0v) is 21.9. The third-order valence-electron chi connectivity index (χ3n) is 5.92. The van der Waals surface area contributed by atoms with Crippen molar-refractivity contribution in [3.63, 3.8) is 0 Å². The van der Waals surface area contributed by atoms with Crippen LogP contribution in [0.2, 0.25) is 0 Å². The molecule has 2 N–H and O–H groups in total. The first-order valence-corrected chi connectivity index (χ1v) is 12.9. The Kier molecular flexibility index (Phi) is 12.9. The van der Waals surface area contributed by atoms with Gasteiger partial charge in [0.05, 0.1) is 0 Å². The van der Waals surface area contributed by atoms with Crippen molar-refractivity contribution < 1.29 is 37.3 Å². The molecule has 1 atom stereocenters. The van der Waals surface area contributed by atoms with E-state index in [0.717, 1.165) is 55.4 Å². The highest BCUT2D eigenvalue weighted by Gasteiger charge is 2.31. The van der Waals surface area contributed by atoms with Crippen molar-refractivity contribution >= 4 is 17.7 Å². The molecule has 2 aromatic rings. The number of ether oxygens (including phenoxy) is 2. The second-order valence-electron chi connectivity index (χ2n) is 8.96. The lowest BCUT2D eigenvalue weighted by molar-refractivity contribution is -0.274. The Labute approximate surface area is 221 Å². The summed E-state index contributed by atoms with van der Waals surface area (Å²) in [6.07, 6.45) is 0.373. The van der Waals surface area contributed by atoms with Crippen LogP contribution in [0.4, 0.5) is 23.7 Å². The molecule has 0 aromatic heterocycles. The molecule has 0 saturated carbocycles. The molecule has 0 radical (unpaired) electrons. The number of rotatable bonds is 16. The Morgan fingerprint density at radius 2 is 1.55 bits per heavy atom. The summed E-state index contributed by atoms with van der Waals surface area (Å²) in [5, 5.41) is 12.0. The number of hydrogen-bond acceptors (Lipinski definition) is 4. The molecule has 2 aromatic carbocycles. The SMILES string of the molecule is CCCCCCCN(CCc1ccc(CC(OCC)C(=O)O)cc1)C(=O)Nc1ccc(OC(F)(F)F)cc1. The van der Waals surface area contributed by atoms with Crippen molar-refractivity contribution in [1.82, 2.24) is 4.90 Å². The van der Waals surface area contributed by atoms with Crippen molar-refractivity contribution in [3.8, 4) is 5.75 Å². The number of carboxylic acid groups (broad SMARTS) is 1. The lowest BCUT2D eigenvalue weighted by atomic mass is 10.0. The number of hydrogen-bond donors (Lipinski definition) is 2. The number of carbonyl (C=O) groups excluding carboxylic acids is 1. The molecule has 1 unspecified atom stereocenters. The smallest absolute Gasteiger partial charge is 0.479 e. The molecule has 0 heterocycles. The normalized spacial score (nSPS) is 12.1. The van der Waals surface area contributed by atoms with Gasteiger partial charge in [-0.05, 0) is 55.2 Å². The highest BCUT2D eigenvalue weighted by molar-refractivity contribution is 5.89. The van der Waals surface area contributed by atoms with E-state index in [1.165, 1.54) is 12.1 Å². The molecule has 0 aliphatic heterocycles. The predicted octanol–water partition coefficient (Wildman–Crippen LogP) is 6.66. The second kappa shape index (κ2) is 15.9. The van der Waals surface area contributed by atoms with Crippen LogP contribution >= 0.6 is 0 Å². The monoisotopic (exact) mass is 538 g/mol. The highest BCUT2D eigenvalue weighted by atomic mass is 19.4. The van der Waals surface area contributed by atoms with E-state index in [1.54, 1.807) is 11.8 Å². The van der Waals surface area contributed by atoms with E-state index < -0.39 is 18.4 Å². The molecule has 0 saturated heterocycles. The standard InChI is InChI=1S/C28H37F3N2O5/c1-3-5-6-7-8-18-33(27(36)32-23-13-15-24(16-14-23)38-28(29,30)31)19-17-21-9-11-22(12-10-21)20-25(26(34)35)37-4-2/h9-16,25H,3-8,17-20H2,1-2H3,(H,32,36)(H,34,35). The van der Waals surface area contributed by atoms with Gasteiger partial charge in [0.2, 0.25) is 0 Å². The fourth-order valence-corrected chi connectivity index (χ4v) is 3.90. The zero-order valence-electron chi connectivity index (χ0n) is 21.9. The third-order valence-corrected chi connectivity index (χ3v) is 5.92. The number of halogens is 3. The summed E-state index contributed by atoms with van der Waals surface area (Å²) in [4.78, 5) is 26.0. The minimum Gasteiger partial charge on any atom is -0.479 e. The quantitative estimate of drug-likeness (QED) is 0.233. The third kappa shape index (κ3) is 11.9. The van der Waals surface area contributed by atoms with Crippen molar-refractivity contribution in [3.05, 3.63) is 59.7 Å². The van der Waals surface area contributed by atoms with Crippen LogP contribution in [-0.4, -0.2) is 54.2 Å². The second-order valence-corrected chi connectivity index (χ2v) is 8.96. The molecule has 0 bridgehead atoms. The number of anilines is 1. The Morgan fingerprint density at radius 1 is 0.921 bits per heavy atom. The summed E-state index contributed by atoms with van der Waals surface area (Å²) in [6.45, 7) is 5.20. The van der Waals surface area contributed by atoms with Crippen LogP contribution < -0.4 is 10.1 Å². The van der Waals surface area contributed by atoms with Crippen molar-refractivity contribution in [2.45, 2.75) is 71.3 Å². The molecule has 2 amide bonds. The van der Waals surface area contributed by atoms with Crippen LogP contribution in [0.5, 0.6) is 5.75 Å². The Balaban J connectivity index is 1.99. The van der Waals surface area contributed by atoms with E-state index in [2.05, 4.69) is 17.0 Å². The first-order valence-electron chi connectivity index (χ1n) is 12.9. The summed E-state index contributed by atoms with van der Waals surface area (Å²) in [5.74, 6) is -1.36. The summed E-state index contributed by atoms with van der Waals surface area (Å²) < 4.78 is 46.3. The molecular weight excluding hydrogens is 501 g/mol. The van der Waals surface area contributed by atoms with Gasteiger partial charge < -0.3 is 24.8 Å². The molecule has 0 fully saturated rings. The van der Waals surface area contributed by atoms with E-state index in [1.807, 2.05) is 24.3 Å². The van der Waals surface area contributed by atoms with Gasteiger partial charge in [-0.15, -0.1) is 13.2 Å². The van der Waals surface area contributed by atoms with E-state index >= 15 is 0 Å². The maximum atomic E-state index is 13.0. The fourth-order valence-electron chi connectivity index (χ4n) is 3.90. The topological polar surface area (TPSA) is 88.1 Å². The number of urea groups is 1. The van der Waals surface area contributed by atoms with Gasteiger partial charge in [-0.25, -0.2) is 9.59 Å². The first kappa shape index (κ1) is 31.0. The Hall–Kier alpha value is -3.27. The van der Waals surface area contributed by atoms with Crippen molar-refractivity contribution in [2.24, 2.45) is 0 Å². The highest BCUT2D eigenvalue weighted by Crippen LogP contribution is 2.24. The van der Waals surface area contributed by atoms with Gasteiger partial charge in [0.15, 0.2) is 6.10 Å². The largest absolute Gasteiger partial charge is 0.573 e. The van der Waals surface area contributed by atoms with E-state index in [0.29, 0.717) is 31.8 Å². The molecule has 210 valence electrons. The summed E-state index contributed by atoms with van der Waals surface area (Å²) in [7, 11) is 0. The first-order chi connectivity index (χ1) is 18.1. The minimum atomic E-state index is -4.78. The molecule has 0 aliphatic rings. The molecule has 10 heteroatoms. The molecule has 2 rings (SSSR count). The average molecular weight is 539 g/mol. The Bertz CT molecular complexity index is 981. The average Bonchev–Trinajstić information content (AvgIpc) is 2.86. The van der Waals surface area contributed by atoms with Gasteiger partial charge in [-0.3, -0.25) is 0 Å². The van der Waals surface area contributed by atoms with Crippen LogP contribution in [0.15, 0.2) is 48.5 Å². The fraction of sp³-hybridized carbons (Fsp3) is 0.500. The number of carboxylic acids is 1. The lowest BCUT2D eigenvalue weighted by Gasteiger charge is -2.23. The molecular formula is C28H37F3N2O5. The van der Waals surface area contributed by atoms with E-state index in [4.69, 9.17) is 4.74 Å². The van der Waals surface area contributed by atoms with Crippen LogP contribution in [-0.2, 0) is 22.4 Å². The molecule has 7 nitrogen and oxygen atoms in total. The van der Waals surface area contributed by atoms with Crippen LogP contribution in [0.3, 0.4) is 0 Å². The number of alkyl halides is 3. The molecule has 38 heavy (non-hydrogen) atoms. The molecule has 0 spiro atoms. The van der Waals surface area contributed by atoms with Crippen LogP contribution in [0, 0.1) is 0 Å². The van der Waals surface area contributed by atoms with Gasteiger partial charge in [-0.2, -0.15) is 0 Å². The maximum absolute atomic E-state index is 13.0. The van der Waals surface area contributed by atoms with E-state index in [-0.39, 0.29) is 18.2 Å². The lowest BCUT2D eigenvalue weighted by Crippen LogP contribution is -2.37. The maximum Gasteiger partial charge on any atom is 0.573 e. The minimum absolute atomic E-state index is 0.266. The summed E-state index contributed by atoms with van der Waals surface area (Å²) in [5.41, 5.74) is 2.21. The zero-order chi connectivity index (χ0) is 28.0. The van der Waals surface area contributed by atoms with Gasteiger partial charge >= 0.3 is 18.4 Å². The van der Waals surface area contributed by atoms with Crippen LogP contribution in [0.1, 0.15) is 57.1 Å². The van der Waals surface area contributed by atoms with Gasteiger partial charge in [0.1, 0.15) is 5.75 Å². The van der Waals surface area contributed by atoms with Crippen LogP contribution in [0.25, 0.3) is 0 Å². The van der Waals surface area contributed by atoms with Gasteiger partial charge in [-0.1, -0.05) is 56.9 Å². The van der Waals surface area contributed by atoms with E-state index in [9.17, 15) is 27.9 Å². The Morgan fingerprint density at radius 3 is 2.13 bits per heavy atom. The number of unbranched alkanes of at least 4 members (excludes halogenated alkanes) is 4. The number of nitrogens with one attached hydrogen (secondary N) is 1. The van der Waals surface area contributed by atoms with Crippen molar-refractivity contribution in [1.29, 1.82) is 0 Å². The van der Waals surface area contributed by atoms with Gasteiger partial charge in [0.25, 0.3) is 0 Å². The van der Waals surface area contributed by atoms with Crippen molar-refractivity contribution in [2.75, 3.05) is 25.0 Å².